The Morgan fingerprint density at radius 3 is 2.81 bits per heavy atom. The molecule has 27 heavy (non-hydrogen) atoms. The summed E-state index contributed by atoms with van der Waals surface area (Å²) in [5.41, 5.74) is 2.43. The third-order valence-corrected chi connectivity index (χ3v) is 6.05. The number of para-hydroxylation sites is 1. The molecule has 0 atom stereocenters. The first-order valence-corrected chi connectivity index (χ1v) is 10.3. The van der Waals surface area contributed by atoms with Gasteiger partial charge in [-0.1, -0.05) is 25.1 Å². The van der Waals surface area contributed by atoms with Crippen LogP contribution in [0.5, 0.6) is 0 Å². The fourth-order valence-corrected chi connectivity index (χ4v) is 4.50. The minimum atomic E-state index is 0.253. The maximum atomic E-state index is 12.9. The molecule has 3 heterocycles. The van der Waals surface area contributed by atoms with Gasteiger partial charge in [0, 0.05) is 37.6 Å². The molecule has 2 aliphatic heterocycles. The van der Waals surface area contributed by atoms with E-state index in [0.717, 1.165) is 64.0 Å². The Labute approximate surface area is 162 Å². The molecule has 0 spiro atoms. The van der Waals surface area contributed by atoms with Gasteiger partial charge in [-0.2, -0.15) is 0 Å². The maximum absolute atomic E-state index is 12.9. The largest absolute Gasteiger partial charge is 0.335 e. The van der Waals surface area contributed by atoms with Crippen LogP contribution in [0.4, 0.5) is 5.69 Å². The average molecular weight is 367 g/mol. The molecule has 0 saturated carbocycles. The van der Waals surface area contributed by atoms with Gasteiger partial charge < -0.3 is 9.47 Å². The SMILES string of the molecule is CCc1nccn1CC1CCN(CC(=O)N2CCCc3ccccc32)CC1. The quantitative estimate of drug-likeness (QED) is 0.816. The number of anilines is 1. The number of carbonyl (C=O) groups excluding carboxylic acids is 1. The molecule has 144 valence electrons. The topological polar surface area (TPSA) is 41.4 Å². The van der Waals surface area contributed by atoms with Crippen LogP contribution < -0.4 is 4.90 Å². The monoisotopic (exact) mass is 366 g/mol. The zero-order chi connectivity index (χ0) is 18.6. The van der Waals surface area contributed by atoms with Gasteiger partial charge in [-0.3, -0.25) is 9.69 Å². The number of likely N-dealkylation sites (tertiary alicyclic amines) is 1. The van der Waals surface area contributed by atoms with E-state index in [1.165, 1.54) is 11.4 Å². The van der Waals surface area contributed by atoms with E-state index in [2.05, 4.69) is 45.8 Å². The van der Waals surface area contributed by atoms with Gasteiger partial charge in [0.2, 0.25) is 5.91 Å². The third kappa shape index (κ3) is 4.08. The molecule has 5 heteroatoms. The van der Waals surface area contributed by atoms with Crippen molar-refractivity contribution in [2.24, 2.45) is 5.92 Å². The maximum Gasteiger partial charge on any atom is 0.241 e. The van der Waals surface area contributed by atoms with E-state index >= 15 is 0 Å². The standard InChI is InChI=1S/C22H30N4O/c1-2-21-23-11-15-25(21)16-18-9-13-24(14-10-18)17-22(27)26-12-5-7-19-6-3-4-8-20(19)26/h3-4,6,8,11,15,18H,2,5,7,9-10,12-14,16-17H2,1H3. The second-order valence-corrected chi connectivity index (χ2v) is 7.85. The predicted molar refractivity (Wildman–Crippen MR) is 108 cm³/mol. The van der Waals surface area contributed by atoms with E-state index < -0.39 is 0 Å². The zero-order valence-corrected chi connectivity index (χ0v) is 16.3. The number of nitrogens with zero attached hydrogens (tertiary/aromatic N) is 4. The van der Waals surface area contributed by atoms with Gasteiger partial charge in [-0.25, -0.2) is 4.98 Å². The van der Waals surface area contributed by atoms with E-state index in [4.69, 9.17) is 0 Å². The van der Waals surface area contributed by atoms with Crippen LogP contribution in [0.25, 0.3) is 0 Å². The molecule has 0 aliphatic carbocycles. The molecule has 0 radical (unpaired) electrons. The number of fused-ring (bicyclic) bond motifs is 1. The highest BCUT2D eigenvalue weighted by atomic mass is 16.2. The summed E-state index contributed by atoms with van der Waals surface area (Å²) < 4.78 is 2.30. The Morgan fingerprint density at radius 1 is 1.19 bits per heavy atom. The van der Waals surface area contributed by atoms with Gasteiger partial charge >= 0.3 is 0 Å². The molecule has 1 aromatic heterocycles. The highest BCUT2D eigenvalue weighted by molar-refractivity contribution is 5.95. The lowest BCUT2D eigenvalue weighted by molar-refractivity contribution is -0.120. The van der Waals surface area contributed by atoms with Crippen LogP contribution in [-0.2, 0) is 24.2 Å². The number of amides is 1. The highest BCUT2D eigenvalue weighted by Crippen LogP contribution is 2.27. The van der Waals surface area contributed by atoms with Crippen LogP contribution in [0.15, 0.2) is 36.7 Å². The van der Waals surface area contributed by atoms with Gasteiger partial charge in [0.25, 0.3) is 0 Å². The van der Waals surface area contributed by atoms with Crippen molar-refractivity contribution in [1.82, 2.24) is 14.5 Å². The summed E-state index contributed by atoms with van der Waals surface area (Å²) >= 11 is 0. The Balaban J connectivity index is 1.30. The van der Waals surface area contributed by atoms with Crippen LogP contribution in [-0.4, -0.2) is 46.5 Å². The van der Waals surface area contributed by atoms with Crippen LogP contribution in [0, 0.1) is 5.92 Å². The molecule has 1 saturated heterocycles. The van der Waals surface area contributed by atoms with Gasteiger partial charge in [-0.05, 0) is 56.3 Å². The molecule has 0 N–H and O–H groups in total. The first kappa shape index (κ1) is 18.2. The molecule has 2 aliphatic rings. The minimum Gasteiger partial charge on any atom is -0.335 e. The van der Waals surface area contributed by atoms with Crippen LogP contribution in [0.2, 0.25) is 0 Å². The van der Waals surface area contributed by atoms with Gasteiger partial charge in [-0.15, -0.1) is 0 Å². The summed E-state index contributed by atoms with van der Waals surface area (Å²) in [5, 5.41) is 0. The Bertz CT molecular complexity index is 776. The Kier molecular flexibility index (Phi) is 5.58. The summed E-state index contributed by atoms with van der Waals surface area (Å²) in [6.45, 7) is 6.65. The first-order chi connectivity index (χ1) is 13.2. The first-order valence-electron chi connectivity index (χ1n) is 10.3. The molecule has 1 amide bonds. The normalized spacial score (nSPS) is 18.5. The number of benzene rings is 1. The van der Waals surface area contributed by atoms with Crippen molar-refractivity contribution in [2.75, 3.05) is 31.1 Å². The molecular weight excluding hydrogens is 336 g/mol. The van der Waals surface area contributed by atoms with Crippen molar-refractivity contribution in [2.45, 2.75) is 45.6 Å². The van der Waals surface area contributed by atoms with Crippen molar-refractivity contribution in [1.29, 1.82) is 0 Å². The smallest absolute Gasteiger partial charge is 0.241 e. The minimum absolute atomic E-state index is 0.253. The van der Waals surface area contributed by atoms with E-state index in [0.29, 0.717) is 12.5 Å². The molecule has 1 fully saturated rings. The molecule has 1 aromatic carbocycles. The Hall–Kier alpha value is -2.14. The number of aromatic nitrogens is 2. The Morgan fingerprint density at radius 2 is 2.00 bits per heavy atom. The van der Waals surface area contributed by atoms with Crippen molar-refractivity contribution < 1.29 is 4.79 Å². The zero-order valence-electron chi connectivity index (χ0n) is 16.3. The van der Waals surface area contributed by atoms with Gasteiger partial charge in [0.05, 0.1) is 6.54 Å². The van der Waals surface area contributed by atoms with E-state index in [9.17, 15) is 4.79 Å². The lowest BCUT2D eigenvalue weighted by Crippen LogP contribution is -2.45. The van der Waals surface area contributed by atoms with Crippen LogP contribution in [0.1, 0.15) is 37.6 Å². The van der Waals surface area contributed by atoms with Crippen molar-refractivity contribution in [3.05, 3.63) is 48.0 Å². The predicted octanol–water partition coefficient (Wildman–Crippen LogP) is 3.14. The number of imidazole rings is 1. The number of piperidine rings is 1. The fourth-order valence-electron chi connectivity index (χ4n) is 4.50. The van der Waals surface area contributed by atoms with Gasteiger partial charge in [0.1, 0.15) is 5.82 Å². The summed E-state index contributed by atoms with van der Waals surface area (Å²) in [6.07, 6.45) is 9.45. The van der Waals surface area contributed by atoms with Crippen molar-refractivity contribution in [3.8, 4) is 0 Å². The van der Waals surface area contributed by atoms with Crippen LogP contribution >= 0.6 is 0 Å². The van der Waals surface area contributed by atoms with Gasteiger partial charge in [0.15, 0.2) is 0 Å². The average Bonchev–Trinajstić information content (AvgIpc) is 3.16. The number of hydrogen-bond donors (Lipinski definition) is 0. The lowest BCUT2D eigenvalue weighted by atomic mass is 9.96. The number of aryl methyl sites for hydroxylation is 2. The lowest BCUT2D eigenvalue weighted by Gasteiger charge is -2.35. The summed E-state index contributed by atoms with van der Waals surface area (Å²) in [6, 6.07) is 8.36. The molecule has 0 unspecified atom stereocenters. The van der Waals surface area contributed by atoms with Crippen molar-refractivity contribution in [3.63, 3.8) is 0 Å². The van der Waals surface area contributed by atoms with E-state index in [1.807, 2.05) is 17.2 Å². The molecule has 2 aromatic rings. The number of carbonyl (C=O) groups is 1. The highest BCUT2D eigenvalue weighted by Gasteiger charge is 2.26. The summed E-state index contributed by atoms with van der Waals surface area (Å²) in [7, 11) is 0. The molecule has 0 bridgehead atoms. The summed E-state index contributed by atoms with van der Waals surface area (Å²) in [4.78, 5) is 21.7. The second kappa shape index (κ2) is 8.26. The van der Waals surface area contributed by atoms with Crippen molar-refractivity contribution >= 4 is 11.6 Å². The molecule has 5 nitrogen and oxygen atoms in total. The summed E-state index contributed by atoms with van der Waals surface area (Å²) in [5.74, 6) is 2.12. The molecular formula is C22H30N4O. The fraction of sp³-hybridized carbons (Fsp3) is 0.545. The van der Waals surface area contributed by atoms with E-state index in [1.54, 1.807) is 0 Å². The molecule has 4 rings (SSSR count). The second-order valence-electron chi connectivity index (χ2n) is 7.85. The number of rotatable bonds is 5. The third-order valence-electron chi connectivity index (χ3n) is 6.05. The van der Waals surface area contributed by atoms with Crippen LogP contribution in [0.3, 0.4) is 0 Å². The van der Waals surface area contributed by atoms with E-state index in [-0.39, 0.29) is 5.91 Å². The number of hydrogen-bond acceptors (Lipinski definition) is 3.